The quantitative estimate of drug-likeness (QED) is 0.0550. The Morgan fingerprint density at radius 2 is 1.46 bits per heavy atom. The van der Waals surface area contributed by atoms with E-state index in [-0.39, 0.29) is 73.9 Å². The number of piperidine rings is 1. The average molecular weight is 950 g/mol. The standard InChI is InChI=1S/C51H52ClN3O13/c1-2-65-43-29-45-38(27-37(43)32-23-31(24-33(25-32)48(53)58)30-7-4-3-5-8-30)41(56)28-44(68-45)35-12-11-34(26-39(35)52)66-21-19-63-17-15-62-16-18-64-20-22-67-42-10-6-9-36-47(42)51(61)55(50(36)60)40-13-14-46(57)54-49(40)59/h6,9-12,23-30,40H,2-5,7-8,13-22H2,1H3,(H2,53,58)(H,54,57,59). The van der Waals surface area contributed by atoms with Gasteiger partial charge in [-0.2, -0.15) is 0 Å². The molecule has 1 saturated heterocycles. The number of hydrogen-bond donors (Lipinski definition) is 2. The third kappa shape index (κ3) is 10.9. The number of primary amides is 1. The molecule has 5 aromatic rings. The van der Waals surface area contributed by atoms with E-state index < -0.39 is 35.6 Å². The number of rotatable bonds is 21. The van der Waals surface area contributed by atoms with Crippen molar-refractivity contribution < 1.29 is 56.8 Å². The number of nitrogens with one attached hydrogen (secondary N) is 1. The Labute approximate surface area is 396 Å². The molecule has 3 heterocycles. The number of imide groups is 2. The number of amides is 5. The molecule has 2 fully saturated rings. The first-order chi connectivity index (χ1) is 33.0. The van der Waals surface area contributed by atoms with E-state index in [9.17, 15) is 28.8 Å². The maximum absolute atomic E-state index is 13.7. The number of nitrogens with zero attached hydrogens (tertiary/aromatic N) is 1. The Morgan fingerprint density at radius 3 is 2.15 bits per heavy atom. The maximum atomic E-state index is 13.7. The molecule has 5 amide bonds. The summed E-state index contributed by atoms with van der Waals surface area (Å²) in [6, 6.07) is 19.3. The molecule has 68 heavy (non-hydrogen) atoms. The van der Waals surface area contributed by atoms with Gasteiger partial charge in [-0.3, -0.25) is 39.0 Å². The summed E-state index contributed by atoms with van der Waals surface area (Å²) in [5, 5.41) is 2.86. The van der Waals surface area contributed by atoms with Crippen molar-refractivity contribution in [2.45, 2.75) is 63.8 Å². The number of ether oxygens (including phenoxy) is 6. The van der Waals surface area contributed by atoms with Gasteiger partial charge in [-0.1, -0.05) is 43.0 Å². The molecule has 16 nitrogen and oxygen atoms in total. The summed E-state index contributed by atoms with van der Waals surface area (Å²) in [4.78, 5) is 77.2. The second-order valence-electron chi connectivity index (χ2n) is 16.6. The Balaban J connectivity index is 0.766. The molecule has 0 spiro atoms. The SMILES string of the molecule is CCOc1cc2oc(-c3ccc(OCCOCCOCCOCCOc4cccc5c4C(=O)N(C4CCC(=O)NC4=O)C5=O)cc3Cl)cc(=O)c2cc1-c1cc(C(N)=O)cc(C2CCCCC2)c1. The molecule has 1 aliphatic carbocycles. The Morgan fingerprint density at radius 1 is 0.735 bits per heavy atom. The number of nitrogens with two attached hydrogens (primary N) is 1. The minimum Gasteiger partial charge on any atom is -0.493 e. The summed E-state index contributed by atoms with van der Waals surface area (Å²) in [5.41, 5.74) is 9.44. The van der Waals surface area contributed by atoms with Crippen LogP contribution in [0.1, 0.15) is 94.4 Å². The lowest BCUT2D eigenvalue weighted by Gasteiger charge is -2.27. The Bertz CT molecular complexity index is 2780. The van der Waals surface area contributed by atoms with Crippen LogP contribution in [0.15, 0.2) is 82.0 Å². The molecule has 0 bridgehead atoms. The van der Waals surface area contributed by atoms with Crippen molar-refractivity contribution in [2.24, 2.45) is 5.73 Å². The third-order valence-corrected chi connectivity index (χ3v) is 12.4. The fourth-order valence-electron chi connectivity index (χ4n) is 8.80. The first kappa shape index (κ1) is 47.9. The monoisotopic (exact) mass is 949 g/mol. The highest BCUT2D eigenvalue weighted by molar-refractivity contribution is 6.33. The molecule has 1 unspecified atom stereocenters. The normalized spacial score (nSPS) is 16.3. The highest BCUT2D eigenvalue weighted by Crippen LogP contribution is 2.40. The lowest BCUT2D eigenvalue weighted by atomic mass is 9.82. The number of benzene rings is 4. The molecule has 1 saturated carbocycles. The molecule has 1 aromatic heterocycles. The zero-order chi connectivity index (χ0) is 47.7. The van der Waals surface area contributed by atoms with Gasteiger partial charge in [0.15, 0.2) is 5.43 Å². The van der Waals surface area contributed by atoms with Crippen molar-refractivity contribution in [3.8, 4) is 39.7 Å². The van der Waals surface area contributed by atoms with Crippen molar-refractivity contribution >= 4 is 52.1 Å². The molecule has 4 aromatic carbocycles. The molecule has 17 heteroatoms. The van der Waals surface area contributed by atoms with Gasteiger partial charge in [-0.15, -0.1) is 0 Å². The number of hydrogen-bond acceptors (Lipinski definition) is 13. The van der Waals surface area contributed by atoms with Gasteiger partial charge in [0.25, 0.3) is 11.8 Å². The largest absolute Gasteiger partial charge is 0.493 e. The lowest BCUT2D eigenvalue weighted by Crippen LogP contribution is -2.54. The zero-order valence-corrected chi connectivity index (χ0v) is 38.4. The van der Waals surface area contributed by atoms with Gasteiger partial charge in [0.05, 0.1) is 67.8 Å². The van der Waals surface area contributed by atoms with E-state index in [1.165, 1.54) is 18.6 Å². The van der Waals surface area contributed by atoms with Crippen molar-refractivity contribution in [1.82, 2.24) is 10.2 Å². The van der Waals surface area contributed by atoms with Crippen LogP contribution >= 0.6 is 11.6 Å². The second-order valence-corrected chi connectivity index (χ2v) is 17.0. The number of fused-ring (bicyclic) bond motifs is 2. The van der Waals surface area contributed by atoms with Gasteiger partial charge in [0, 0.05) is 35.2 Å². The molecular formula is C51H52ClN3O13. The molecule has 3 aliphatic rings. The van der Waals surface area contributed by atoms with Gasteiger partial charge in [-0.05, 0) is 91.8 Å². The van der Waals surface area contributed by atoms with Crippen LogP contribution in [0, 0.1) is 0 Å². The van der Waals surface area contributed by atoms with Crippen LogP contribution in [0.3, 0.4) is 0 Å². The summed E-state index contributed by atoms with van der Waals surface area (Å²) < 4.78 is 40.8. The fraction of sp³-hybridized carbons (Fsp3) is 0.373. The Kier molecular flexibility index (Phi) is 15.5. The summed E-state index contributed by atoms with van der Waals surface area (Å²) in [5.74, 6) is -1.07. The van der Waals surface area contributed by atoms with Gasteiger partial charge in [-0.25, -0.2) is 0 Å². The van der Waals surface area contributed by atoms with Crippen molar-refractivity contribution in [3.63, 3.8) is 0 Å². The van der Waals surface area contributed by atoms with Crippen LogP contribution in [-0.2, 0) is 23.8 Å². The average Bonchev–Trinajstić information content (AvgIpc) is 3.59. The highest BCUT2D eigenvalue weighted by atomic mass is 35.5. The summed E-state index contributed by atoms with van der Waals surface area (Å²) in [7, 11) is 0. The number of carbonyl (C=O) groups is 5. The molecule has 1 atom stereocenters. The van der Waals surface area contributed by atoms with Gasteiger partial charge < -0.3 is 38.6 Å². The van der Waals surface area contributed by atoms with E-state index in [1.54, 1.807) is 48.5 Å². The van der Waals surface area contributed by atoms with Crippen LogP contribution in [0.25, 0.3) is 33.4 Å². The predicted octanol–water partition coefficient (Wildman–Crippen LogP) is 7.23. The molecule has 356 valence electrons. The molecule has 8 rings (SSSR count). The molecule has 3 N–H and O–H groups in total. The Hall–Kier alpha value is -6.59. The van der Waals surface area contributed by atoms with E-state index in [0.29, 0.717) is 76.5 Å². The summed E-state index contributed by atoms with van der Waals surface area (Å²) in [6.07, 6.45) is 5.66. The minimum atomic E-state index is -1.06. The zero-order valence-electron chi connectivity index (χ0n) is 37.6. The van der Waals surface area contributed by atoms with Crippen molar-refractivity contribution in [3.05, 3.63) is 110 Å². The van der Waals surface area contributed by atoms with Crippen LogP contribution in [0.2, 0.25) is 5.02 Å². The lowest BCUT2D eigenvalue weighted by molar-refractivity contribution is -0.136. The van der Waals surface area contributed by atoms with Crippen molar-refractivity contribution in [2.75, 3.05) is 59.5 Å². The fourth-order valence-corrected chi connectivity index (χ4v) is 9.06. The summed E-state index contributed by atoms with van der Waals surface area (Å²) >= 11 is 6.71. The van der Waals surface area contributed by atoms with E-state index >= 15 is 0 Å². The smallest absolute Gasteiger partial charge is 0.266 e. The van der Waals surface area contributed by atoms with Crippen LogP contribution in [0.4, 0.5) is 0 Å². The topological polar surface area (TPSA) is 212 Å². The van der Waals surface area contributed by atoms with Gasteiger partial charge >= 0.3 is 0 Å². The van der Waals surface area contributed by atoms with E-state index in [2.05, 4.69) is 11.4 Å². The first-order valence-electron chi connectivity index (χ1n) is 22.8. The van der Waals surface area contributed by atoms with Gasteiger partial charge in [0.2, 0.25) is 17.7 Å². The van der Waals surface area contributed by atoms with Crippen LogP contribution in [0.5, 0.6) is 17.2 Å². The third-order valence-electron chi connectivity index (χ3n) is 12.1. The predicted molar refractivity (Wildman–Crippen MR) is 250 cm³/mol. The van der Waals surface area contributed by atoms with E-state index in [1.807, 2.05) is 13.0 Å². The second kappa shape index (κ2) is 22.0. The van der Waals surface area contributed by atoms with Crippen molar-refractivity contribution in [1.29, 1.82) is 0 Å². The van der Waals surface area contributed by atoms with Crippen LogP contribution < -0.4 is 30.7 Å². The van der Waals surface area contributed by atoms with Gasteiger partial charge in [0.1, 0.15) is 47.8 Å². The number of carbonyl (C=O) groups excluding carboxylic acids is 5. The minimum absolute atomic E-state index is 0.0328. The molecule has 0 radical (unpaired) electrons. The maximum Gasteiger partial charge on any atom is 0.266 e. The highest BCUT2D eigenvalue weighted by Gasteiger charge is 2.46. The summed E-state index contributed by atoms with van der Waals surface area (Å²) in [6.45, 7) is 4.30. The molecule has 2 aliphatic heterocycles. The van der Waals surface area contributed by atoms with E-state index in [4.69, 9.17) is 50.2 Å². The van der Waals surface area contributed by atoms with Crippen LogP contribution in [-0.4, -0.2) is 99.9 Å². The van der Waals surface area contributed by atoms with E-state index in [0.717, 1.165) is 41.7 Å². The first-order valence-corrected chi connectivity index (χ1v) is 23.2. The number of halogens is 1. The molecular weight excluding hydrogens is 898 g/mol.